The Labute approximate surface area is 113 Å². The summed E-state index contributed by atoms with van der Waals surface area (Å²) in [5.41, 5.74) is 0. The molecule has 0 saturated carbocycles. The molecule has 2 heterocycles. The Morgan fingerprint density at radius 3 is 2.95 bits per heavy atom. The van der Waals surface area contributed by atoms with Gasteiger partial charge in [0.1, 0.15) is 0 Å². The predicted octanol–water partition coefficient (Wildman–Crippen LogP) is 1.29. The molecule has 0 unspecified atom stereocenters. The van der Waals surface area contributed by atoms with Crippen molar-refractivity contribution >= 4 is 5.91 Å². The van der Waals surface area contributed by atoms with E-state index in [9.17, 15) is 4.79 Å². The minimum atomic E-state index is -0.0758. The van der Waals surface area contributed by atoms with Gasteiger partial charge < -0.3 is 9.84 Å². The van der Waals surface area contributed by atoms with Crippen LogP contribution in [0.25, 0.3) is 0 Å². The molecule has 1 aromatic rings. The number of nitrogens with one attached hydrogen (secondary N) is 1. The number of amides is 1. The van der Waals surface area contributed by atoms with Crippen molar-refractivity contribution in [2.24, 2.45) is 0 Å². The summed E-state index contributed by atoms with van der Waals surface area (Å²) >= 11 is 0. The van der Waals surface area contributed by atoms with Crippen LogP contribution in [0.4, 0.5) is 0 Å². The lowest BCUT2D eigenvalue weighted by Crippen LogP contribution is -2.48. The third-order valence-electron chi connectivity index (χ3n) is 3.50. The third kappa shape index (κ3) is 3.32. The summed E-state index contributed by atoms with van der Waals surface area (Å²) in [5, 5.41) is 6.68. The van der Waals surface area contributed by atoms with Crippen LogP contribution >= 0.6 is 0 Å². The van der Waals surface area contributed by atoms with Gasteiger partial charge in [0.05, 0.1) is 12.6 Å². The normalized spacial score (nSPS) is 20.7. The van der Waals surface area contributed by atoms with Crippen molar-refractivity contribution in [3.8, 4) is 0 Å². The topological polar surface area (TPSA) is 71.3 Å². The summed E-state index contributed by atoms with van der Waals surface area (Å²) in [4.78, 5) is 18.4. The van der Waals surface area contributed by atoms with Crippen LogP contribution in [0.15, 0.2) is 4.52 Å². The van der Waals surface area contributed by atoms with E-state index in [0.717, 1.165) is 31.6 Å². The molecular formula is C13H22N4O2. The Morgan fingerprint density at radius 2 is 2.32 bits per heavy atom. The quantitative estimate of drug-likeness (QED) is 0.889. The van der Waals surface area contributed by atoms with Crippen LogP contribution in [0.2, 0.25) is 0 Å². The van der Waals surface area contributed by atoms with Gasteiger partial charge in [-0.25, -0.2) is 0 Å². The van der Waals surface area contributed by atoms with Gasteiger partial charge in [-0.05, 0) is 19.4 Å². The van der Waals surface area contributed by atoms with Gasteiger partial charge in [0.15, 0.2) is 5.82 Å². The highest BCUT2D eigenvalue weighted by Crippen LogP contribution is 2.20. The average molecular weight is 266 g/mol. The SMILES string of the molecule is CNC(=O)[C@H]1CCCCN1Cc1nc(C(C)C)no1. The lowest BCUT2D eigenvalue weighted by Gasteiger charge is -2.33. The molecule has 1 saturated heterocycles. The fraction of sp³-hybridized carbons (Fsp3) is 0.769. The standard InChI is InChI=1S/C13H22N4O2/c1-9(2)12-15-11(19-16-12)8-17-7-5-4-6-10(17)13(18)14-3/h9-10H,4-8H2,1-3H3,(H,14,18)/t10-/m1/s1. The van der Waals surface area contributed by atoms with Crippen LogP contribution in [0.5, 0.6) is 0 Å². The van der Waals surface area contributed by atoms with Crippen LogP contribution in [-0.2, 0) is 11.3 Å². The molecule has 0 spiro atoms. The summed E-state index contributed by atoms with van der Waals surface area (Å²) in [6, 6.07) is -0.0758. The van der Waals surface area contributed by atoms with E-state index < -0.39 is 0 Å². The number of rotatable bonds is 4. The predicted molar refractivity (Wildman–Crippen MR) is 70.5 cm³/mol. The van der Waals surface area contributed by atoms with Crippen molar-refractivity contribution in [3.05, 3.63) is 11.7 Å². The second-order valence-electron chi connectivity index (χ2n) is 5.30. The highest BCUT2D eigenvalue weighted by atomic mass is 16.5. The van der Waals surface area contributed by atoms with Crippen molar-refractivity contribution in [3.63, 3.8) is 0 Å². The van der Waals surface area contributed by atoms with Crippen molar-refractivity contribution < 1.29 is 9.32 Å². The van der Waals surface area contributed by atoms with Crippen molar-refractivity contribution in [1.29, 1.82) is 0 Å². The number of nitrogens with zero attached hydrogens (tertiary/aromatic N) is 3. The zero-order valence-electron chi connectivity index (χ0n) is 11.8. The average Bonchev–Trinajstić information content (AvgIpc) is 2.87. The maximum Gasteiger partial charge on any atom is 0.240 e. The summed E-state index contributed by atoms with van der Waals surface area (Å²) in [6.07, 6.45) is 3.10. The number of carbonyl (C=O) groups excluding carboxylic acids is 1. The van der Waals surface area contributed by atoms with E-state index in [4.69, 9.17) is 4.52 Å². The van der Waals surface area contributed by atoms with Gasteiger partial charge >= 0.3 is 0 Å². The van der Waals surface area contributed by atoms with Crippen LogP contribution in [0.3, 0.4) is 0 Å². The number of carbonyl (C=O) groups is 1. The van der Waals surface area contributed by atoms with Crippen LogP contribution in [0.1, 0.15) is 50.7 Å². The Balaban J connectivity index is 2.04. The molecule has 6 heteroatoms. The molecule has 1 fully saturated rings. The summed E-state index contributed by atoms with van der Waals surface area (Å²) in [6.45, 7) is 5.51. The molecule has 2 rings (SSSR count). The maximum absolute atomic E-state index is 11.9. The van der Waals surface area contributed by atoms with E-state index in [1.807, 2.05) is 13.8 Å². The second kappa shape index (κ2) is 6.14. The van der Waals surface area contributed by atoms with Crippen LogP contribution in [0, 0.1) is 0 Å². The van der Waals surface area contributed by atoms with Gasteiger partial charge in [-0.1, -0.05) is 25.4 Å². The van der Waals surface area contributed by atoms with Gasteiger partial charge in [-0.2, -0.15) is 4.98 Å². The Hall–Kier alpha value is -1.43. The zero-order valence-corrected chi connectivity index (χ0v) is 11.8. The molecule has 6 nitrogen and oxygen atoms in total. The van der Waals surface area contributed by atoms with Gasteiger partial charge in [0.2, 0.25) is 11.8 Å². The summed E-state index contributed by atoms with van der Waals surface area (Å²) in [7, 11) is 1.68. The molecule has 1 aromatic heterocycles. The third-order valence-corrected chi connectivity index (χ3v) is 3.50. The number of likely N-dealkylation sites (N-methyl/N-ethyl adjacent to an activating group) is 1. The zero-order chi connectivity index (χ0) is 13.8. The molecule has 0 bridgehead atoms. The molecule has 1 amide bonds. The number of hydrogen-bond donors (Lipinski definition) is 1. The number of likely N-dealkylation sites (tertiary alicyclic amines) is 1. The lowest BCUT2D eigenvalue weighted by molar-refractivity contribution is -0.127. The lowest BCUT2D eigenvalue weighted by atomic mass is 10.0. The number of piperidine rings is 1. The first-order valence-electron chi connectivity index (χ1n) is 6.90. The van der Waals surface area contributed by atoms with Crippen molar-refractivity contribution in [2.75, 3.05) is 13.6 Å². The first kappa shape index (κ1) is 14.0. The minimum Gasteiger partial charge on any atom is -0.358 e. The second-order valence-corrected chi connectivity index (χ2v) is 5.30. The molecule has 19 heavy (non-hydrogen) atoms. The minimum absolute atomic E-state index is 0.0725. The van der Waals surface area contributed by atoms with E-state index >= 15 is 0 Å². The van der Waals surface area contributed by atoms with Gasteiger partial charge in [0.25, 0.3) is 0 Å². The van der Waals surface area contributed by atoms with Crippen molar-refractivity contribution in [1.82, 2.24) is 20.4 Å². The largest absolute Gasteiger partial charge is 0.358 e. The van der Waals surface area contributed by atoms with Crippen LogP contribution < -0.4 is 5.32 Å². The summed E-state index contributed by atoms with van der Waals surface area (Å²) in [5.74, 6) is 1.65. The molecular weight excluding hydrogens is 244 g/mol. The molecule has 0 radical (unpaired) electrons. The fourth-order valence-electron chi connectivity index (χ4n) is 2.38. The van der Waals surface area contributed by atoms with E-state index in [1.54, 1.807) is 7.05 Å². The summed E-state index contributed by atoms with van der Waals surface area (Å²) < 4.78 is 5.26. The van der Waals surface area contributed by atoms with E-state index in [1.165, 1.54) is 0 Å². The number of hydrogen-bond acceptors (Lipinski definition) is 5. The Morgan fingerprint density at radius 1 is 1.53 bits per heavy atom. The smallest absolute Gasteiger partial charge is 0.240 e. The molecule has 0 aromatic carbocycles. The molecule has 1 aliphatic heterocycles. The first-order chi connectivity index (χ1) is 9.11. The van der Waals surface area contributed by atoms with E-state index in [0.29, 0.717) is 12.4 Å². The molecule has 0 aliphatic carbocycles. The van der Waals surface area contributed by atoms with E-state index in [2.05, 4.69) is 20.4 Å². The highest BCUT2D eigenvalue weighted by Gasteiger charge is 2.29. The van der Waals surface area contributed by atoms with Gasteiger partial charge in [0, 0.05) is 13.0 Å². The molecule has 1 aliphatic rings. The Kier molecular flexibility index (Phi) is 4.52. The molecule has 106 valence electrons. The van der Waals surface area contributed by atoms with Crippen molar-refractivity contribution in [2.45, 2.75) is 51.6 Å². The number of aromatic nitrogens is 2. The monoisotopic (exact) mass is 266 g/mol. The molecule has 1 N–H and O–H groups in total. The van der Waals surface area contributed by atoms with E-state index in [-0.39, 0.29) is 17.9 Å². The fourth-order valence-corrected chi connectivity index (χ4v) is 2.38. The molecule has 1 atom stereocenters. The maximum atomic E-state index is 11.9. The van der Waals surface area contributed by atoms with Gasteiger partial charge in [-0.3, -0.25) is 9.69 Å². The first-order valence-corrected chi connectivity index (χ1v) is 6.90. The van der Waals surface area contributed by atoms with Crippen LogP contribution in [-0.4, -0.2) is 40.6 Å². The Bertz CT molecular complexity index is 430. The van der Waals surface area contributed by atoms with Gasteiger partial charge in [-0.15, -0.1) is 0 Å². The highest BCUT2D eigenvalue weighted by molar-refractivity contribution is 5.81.